The molecular formula is C25H25N3O3S. The van der Waals surface area contributed by atoms with Gasteiger partial charge in [-0.15, -0.1) is 0 Å². The number of thioether (sulfide) groups is 1. The van der Waals surface area contributed by atoms with Crippen LogP contribution >= 0.6 is 11.8 Å². The van der Waals surface area contributed by atoms with Gasteiger partial charge in [0.15, 0.2) is 5.16 Å². The third-order valence-electron chi connectivity index (χ3n) is 5.30. The normalized spacial score (nSPS) is 11.1. The molecule has 2 aromatic heterocycles. The highest BCUT2D eigenvalue weighted by molar-refractivity contribution is 7.99. The maximum Gasteiger partial charge on any atom is 0.266 e. The van der Waals surface area contributed by atoms with E-state index in [1.165, 1.54) is 11.8 Å². The Kier molecular flexibility index (Phi) is 6.46. The van der Waals surface area contributed by atoms with Crippen molar-refractivity contribution >= 4 is 28.6 Å². The fourth-order valence-electron chi connectivity index (χ4n) is 3.58. The van der Waals surface area contributed by atoms with E-state index in [4.69, 9.17) is 9.40 Å². The molecule has 4 aromatic rings. The van der Waals surface area contributed by atoms with Gasteiger partial charge in [0.2, 0.25) is 5.91 Å². The van der Waals surface area contributed by atoms with Crippen LogP contribution in [0, 0.1) is 6.92 Å². The quantitative estimate of drug-likeness (QED) is 0.306. The number of rotatable bonds is 7. The standard InChI is InChI=1S/C25H25N3O3S/c1-4-18-9-5-8-12-22(18)28-24(30)20-10-6-7-11-21(20)26-25(28)32-16-23(29)27(3)15-19-14-13-17(2)31-19/h5-14H,4,15-16H2,1-3H3. The Bertz CT molecular complexity index is 1330. The van der Waals surface area contributed by atoms with Gasteiger partial charge in [0.1, 0.15) is 11.5 Å². The lowest BCUT2D eigenvalue weighted by Gasteiger charge is -2.18. The molecule has 0 N–H and O–H groups in total. The van der Waals surface area contributed by atoms with Crippen molar-refractivity contribution in [1.29, 1.82) is 0 Å². The topological polar surface area (TPSA) is 68.3 Å². The zero-order chi connectivity index (χ0) is 22.7. The maximum atomic E-state index is 13.4. The smallest absolute Gasteiger partial charge is 0.266 e. The molecule has 0 saturated carbocycles. The Hall–Kier alpha value is -3.32. The molecule has 32 heavy (non-hydrogen) atoms. The number of benzene rings is 2. The monoisotopic (exact) mass is 447 g/mol. The number of aromatic nitrogens is 2. The van der Waals surface area contributed by atoms with Crippen LogP contribution in [0.2, 0.25) is 0 Å². The van der Waals surface area contributed by atoms with Crippen molar-refractivity contribution in [3.8, 4) is 5.69 Å². The van der Waals surface area contributed by atoms with Gasteiger partial charge >= 0.3 is 0 Å². The minimum atomic E-state index is -0.133. The number of nitrogens with zero attached hydrogens (tertiary/aromatic N) is 3. The molecule has 0 aliphatic carbocycles. The second-order valence-electron chi connectivity index (χ2n) is 7.59. The molecule has 7 heteroatoms. The van der Waals surface area contributed by atoms with Crippen molar-refractivity contribution in [2.24, 2.45) is 0 Å². The number of carbonyl (C=O) groups excluding carboxylic acids is 1. The van der Waals surface area contributed by atoms with Crippen molar-refractivity contribution in [2.75, 3.05) is 12.8 Å². The SMILES string of the molecule is CCc1ccccc1-n1c(SCC(=O)N(C)Cc2ccc(C)o2)nc2ccccc2c1=O. The predicted octanol–water partition coefficient (Wildman–Crippen LogP) is 4.60. The molecule has 4 rings (SSSR count). The number of carbonyl (C=O) groups is 1. The molecule has 0 spiro atoms. The van der Waals surface area contributed by atoms with E-state index in [-0.39, 0.29) is 17.2 Å². The van der Waals surface area contributed by atoms with Crippen LogP contribution in [0.4, 0.5) is 0 Å². The molecule has 0 aliphatic heterocycles. The van der Waals surface area contributed by atoms with Gasteiger partial charge in [0.25, 0.3) is 5.56 Å². The summed E-state index contributed by atoms with van der Waals surface area (Å²) < 4.78 is 7.21. The second-order valence-corrected chi connectivity index (χ2v) is 8.53. The predicted molar refractivity (Wildman–Crippen MR) is 127 cm³/mol. The van der Waals surface area contributed by atoms with Crippen LogP contribution < -0.4 is 5.56 Å². The summed E-state index contributed by atoms with van der Waals surface area (Å²) >= 11 is 1.27. The molecular weight excluding hydrogens is 422 g/mol. The van der Waals surface area contributed by atoms with E-state index >= 15 is 0 Å². The van der Waals surface area contributed by atoms with E-state index < -0.39 is 0 Å². The molecule has 0 bridgehead atoms. The Balaban J connectivity index is 1.67. The minimum absolute atomic E-state index is 0.0678. The molecule has 6 nitrogen and oxygen atoms in total. The van der Waals surface area contributed by atoms with Crippen LogP contribution in [0.15, 0.2) is 75.0 Å². The van der Waals surface area contributed by atoms with E-state index in [9.17, 15) is 9.59 Å². The van der Waals surface area contributed by atoms with Crippen molar-refractivity contribution in [1.82, 2.24) is 14.5 Å². The average Bonchev–Trinajstić information content (AvgIpc) is 3.22. The molecule has 0 atom stereocenters. The molecule has 0 aliphatic rings. The van der Waals surface area contributed by atoms with Gasteiger partial charge in [-0.3, -0.25) is 14.2 Å². The highest BCUT2D eigenvalue weighted by atomic mass is 32.2. The van der Waals surface area contributed by atoms with E-state index in [1.54, 1.807) is 22.6 Å². The van der Waals surface area contributed by atoms with Crippen molar-refractivity contribution in [3.63, 3.8) is 0 Å². The number of fused-ring (bicyclic) bond motifs is 1. The number of hydrogen-bond donors (Lipinski definition) is 0. The summed E-state index contributed by atoms with van der Waals surface area (Å²) in [4.78, 5) is 32.6. The van der Waals surface area contributed by atoms with Crippen LogP contribution in [0.5, 0.6) is 0 Å². The lowest BCUT2D eigenvalue weighted by molar-refractivity contribution is -0.127. The molecule has 0 radical (unpaired) electrons. The first kappa shape index (κ1) is 21.9. The van der Waals surface area contributed by atoms with E-state index in [2.05, 4.69) is 6.92 Å². The molecule has 0 fully saturated rings. The Morgan fingerprint density at radius 1 is 1.09 bits per heavy atom. The van der Waals surface area contributed by atoms with Gasteiger partial charge in [0.05, 0.1) is 28.9 Å². The van der Waals surface area contributed by atoms with Gasteiger partial charge < -0.3 is 9.32 Å². The minimum Gasteiger partial charge on any atom is -0.464 e. The first-order valence-corrected chi connectivity index (χ1v) is 11.5. The number of para-hydroxylation sites is 2. The average molecular weight is 448 g/mol. The lowest BCUT2D eigenvalue weighted by Crippen LogP contribution is -2.28. The fraction of sp³-hybridized carbons (Fsp3) is 0.240. The van der Waals surface area contributed by atoms with E-state index in [0.717, 1.165) is 29.2 Å². The van der Waals surface area contributed by atoms with Crippen molar-refractivity contribution in [2.45, 2.75) is 32.0 Å². The van der Waals surface area contributed by atoms with E-state index in [0.29, 0.717) is 22.6 Å². The molecule has 2 aromatic carbocycles. The van der Waals surface area contributed by atoms with Gasteiger partial charge in [-0.1, -0.05) is 49.0 Å². The van der Waals surface area contributed by atoms with Gasteiger partial charge in [-0.2, -0.15) is 0 Å². The lowest BCUT2D eigenvalue weighted by atomic mass is 10.1. The van der Waals surface area contributed by atoms with Crippen LogP contribution in [0.3, 0.4) is 0 Å². The summed E-state index contributed by atoms with van der Waals surface area (Å²) in [7, 11) is 1.74. The number of furan rings is 1. The van der Waals surface area contributed by atoms with Crippen LogP contribution in [-0.4, -0.2) is 33.2 Å². The Labute approximate surface area is 190 Å². The molecule has 0 unspecified atom stereocenters. The largest absolute Gasteiger partial charge is 0.464 e. The fourth-order valence-corrected chi connectivity index (χ4v) is 4.52. The molecule has 1 amide bonds. The summed E-state index contributed by atoms with van der Waals surface area (Å²) in [6.07, 6.45) is 0.782. The van der Waals surface area contributed by atoms with Crippen LogP contribution in [0.1, 0.15) is 24.0 Å². The first-order valence-electron chi connectivity index (χ1n) is 10.5. The molecule has 0 saturated heterocycles. The number of aryl methyl sites for hydroxylation is 2. The Morgan fingerprint density at radius 3 is 2.59 bits per heavy atom. The highest BCUT2D eigenvalue weighted by Crippen LogP contribution is 2.24. The van der Waals surface area contributed by atoms with Gasteiger partial charge in [-0.05, 0) is 49.2 Å². The van der Waals surface area contributed by atoms with Gasteiger partial charge in [-0.25, -0.2) is 4.98 Å². The zero-order valence-corrected chi connectivity index (χ0v) is 19.2. The maximum absolute atomic E-state index is 13.4. The van der Waals surface area contributed by atoms with Crippen LogP contribution in [-0.2, 0) is 17.8 Å². The zero-order valence-electron chi connectivity index (χ0n) is 18.4. The summed E-state index contributed by atoms with van der Waals surface area (Å²) in [5, 5.41) is 1.06. The Morgan fingerprint density at radius 2 is 1.84 bits per heavy atom. The van der Waals surface area contributed by atoms with Crippen molar-refractivity contribution in [3.05, 3.63) is 88.1 Å². The molecule has 2 heterocycles. The van der Waals surface area contributed by atoms with Crippen molar-refractivity contribution < 1.29 is 9.21 Å². The molecule has 164 valence electrons. The third-order valence-corrected chi connectivity index (χ3v) is 6.22. The highest BCUT2D eigenvalue weighted by Gasteiger charge is 2.18. The first-order chi connectivity index (χ1) is 15.5. The number of hydrogen-bond acceptors (Lipinski definition) is 5. The van der Waals surface area contributed by atoms with Crippen LogP contribution in [0.25, 0.3) is 16.6 Å². The summed E-state index contributed by atoms with van der Waals surface area (Å²) in [5.41, 5.74) is 2.33. The van der Waals surface area contributed by atoms with Gasteiger partial charge in [0, 0.05) is 7.05 Å². The summed E-state index contributed by atoms with van der Waals surface area (Å²) in [6, 6.07) is 18.9. The summed E-state index contributed by atoms with van der Waals surface area (Å²) in [6.45, 7) is 4.32. The number of amides is 1. The second kappa shape index (κ2) is 9.44. The van der Waals surface area contributed by atoms with E-state index in [1.807, 2.05) is 61.5 Å². The summed E-state index contributed by atoms with van der Waals surface area (Å²) in [5.74, 6) is 1.65. The third kappa shape index (κ3) is 4.48.